The van der Waals surface area contributed by atoms with Crippen molar-refractivity contribution >= 4 is 17.0 Å². The summed E-state index contributed by atoms with van der Waals surface area (Å²) in [7, 11) is 1.93. The second-order valence-electron chi connectivity index (χ2n) is 7.89. The molecule has 2 heterocycles. The van der Waals surface area contributed by atoms with E-state index in [4.69, 9.17) is 4.42 Å². The number of fused-ring (bicyclic) bond motifs is 1. The number of oxazole rings is 1. The number of hydrogen-bond acceptors (Lipinski definition) is 5. The molecule has 1 amide bonds. The number of carbonyl (C=O) groups excluding carboxylic acids is 1. The van der Waals surface area contributed by atoms with Crippen molar-refractivity contribution < 1.29 is 9.21 Å². The molecule has 1 aliphatic rings. The van der Waals surface area contributed by atoms with E-state index in [1.54, 1.807) is 0 Å². The summed E-state index contributed by atoms with van der Waals surface area (Å²) in [6, 6.07) is 16.4. The third-order valence-corrected chi connectivity index (χ3v) is 5.36. The maximum atomic E-state index is 12.7. The van der Waals surface area contributed by atoms with Crippen LogP contribution in [0.25, 0.3) is 11.1 Å². The molecule has 0 radical (unpaired) electrons. The van der Waals surface area contributed by atoms with Gasteiger partial charge in [-0.05, 0) is 31.7 Å². The highest BCUT2D eigenvalue weighted by Gasteiger charge is 2.22. The van der Waals surface area contributed by atoms with Gasteiger partial charge in [0.05, 0.1) is 13.1 Å². The standard InChI is InChI=1S/C23H28N4O2/c1-18-6-5-7-19(14-18)15-26-10-12-27(13-11-26)23(28)17-25(2)16-22-24-20-8-3-4-9-21(20)29-22/h3-9,14H,10-13,15-17H2,1-2H3. The molecule has 1 aromatic heterocycles. The lowest BCUT2D eigenvalue weighted by atomic mass is 10.1. The Kier molecular flexibility index (Phi) is 5.92. The van der Waals surface area contributed by atoms with E-state index in [1.807, 2.05) is 41.1 Å². The zero-order valence-corrected chi connectivity index (χ0v) is 17.2. The Morgan fingerprint density at radius 3 is 2.66 bits per heavy atom. The number of aryl methyl sites for hydroxylation is 1. The summed E-state index contributed by atoms with van der Waals surface area (Å²) in [5.41, 5.74) is 4.26. The van der Waals surface area contributed by atoms with Crippen molar-refractivity contribution in [2.45, 2.75) is 20.0 Å². The van der Waals surface area contributed by atoms with E-state index in [-0.39, 0.29) is 5.91 Å². The van der Waals surface area contributed by atoms with Gasteiger partial charge in [-0.3, -0.25) is 14.6 Å². The van der Waals surface area contributed by atoms with Crippen molar-refractivity contribution in [2.24, 2.45) is 0 Å². The summed E-state index contributed by atoms with van der Waals surface area (Å²) in [5, 5.41) is 0. The maximum Gasteiger partial charge on any atom is 0.236 e. The molecular weight excluding hydrogens is 364 g/mol. The SMILES string of the molecule is Cc1cccc(CN2CCN(C(=O)CN(C)Cc3nc4ccccc4o3)CC2)c1. The third kappa shape index (κ3) is 5.02. The molecule has 0 aliphatic carbocycles. The highest BCUT2D eigenvalue weighted by molar-refractivity contribution is 5.78. The Morgan fingerprint density at radius 2 is 1.90 bits per heavy atom. The highest BCUT2D eigenvalue weighted by Crippen LogP contribution is 2.16. The van der Waals surface area contributed by atoms with Crippen LogP contribution >= 0.6 is 0 Å². The molecule has 3 aromatic rings. The van der Waals surface area contributed by atoms with Crippen LogP contribution in [0.2, 0.25) is 0 Å². The van der Waals surface area contributed by atoms with Gasteiger partial charge in [-0.1, -0.05) is 42.0 Å². The molecule has 0 atom stereocenters. The number of nitrogens with zero attached hydrogens (tertiary/aromatic N) is 4. The molecule has 0 bridgehead atoms. The number of benzene rings is 2. The number of para-hydroxylation sites is 2. The summed E-state index contributed by atoms with van der Waals surface area (Å²) >= 11 is 0. The van der Waals surface area contributed by atoms with Gasteiger partial charge in [0.15, 0.2) is 5.58 Å². The number of likely N-dealkylation sites (N-methyl/N-ethyl adjacent to an activating group) is 1. The van der Waals surface area contributed by atoms with Crippen LogP contribution in [0.5, 0.6) is 0 Å². The lowest BCUT2D eigenvalue weighted by molar-refractivity contribution is -0.134. The van der Waals surface area contributed by atoms with Gasteiger partial charge < -0.3 is 9.32 Å². The Labute approximate surface area is 171 Å². The van der Waals surface area contributed by atoms with Crippen molar-refractivity contribution in [2.75, 3.05) is 39.8 Å². The largest absolute Gasteiger partial charge is 0.439 e. The lowest BCUT2D eigenvalue weighted by Gasteiger charge is -2.35. The lowest BCUT2D eigenvalue weighted by Crippen LogP contribution is -2.50. The molecule has 29 heavy (non-hydrogen) atoms. The van der Waals surface area contributed by atoms with Gasteiger partial charge >= 0.3 is 0 Å². The summed E-state index contributed by atoms with van der Waals surface area (Å²) in [4.78, 5) is 23.5. The van der Waals surface area contributed by atoms with E-state index in [0.29, 0.717) is 19.0 Å². The average molecular weight is 393 g/mol. The van der Waals surface area contributed by atoms with Crippen molar-refractivity contribution in [3.63, 3.8) is 0 Å². The zero-order chi connectivity index (χ0) is 20.2. The third-order valence-electron chi connectivity index (χ3n) is 5.36. The first-order valence-electron chi connectivity index (χ1n) is 10.2. The van der Waals surface area contributed by atoms with Crippen LogP contribution in [0.4, 0.5) is 0 Å². The van der Waals surface area contributed by atoms with Crippen LogP contribution in [0.3, 0.4) is 0 Å². The predicted molar refractivity (Wildman–Crippen MR) is 113 cm³/mol. The molecule has 6 heteroatoms. The average Bonchev–Trinajstić information content (AvgIpc) is 3.10. The molecule has 152 valence electrons. The van der Waals surface area contributed by atoms with Crippen LogP contribution in [0, 0.1) is 6.92 Å². The topological polar surface area (TPSA) is 52.8 Å². The summed E-state index contributed by atoms with van der Waals surface area (Å²) in [5.74, 6) is 0.809. The molecule has 0 N–H and O–H groups in total. The zero-order valence-electron chi connectivity index (χ0n) is 17.2. The maximum absolute atomic E-state index is 12.7. The fourth-order valence-corrected chi connectivity index (χ4v) is 3.83. The molecule has 4 rings (SSSR count). The molecular formula is C23H28N4O2. The Bertz CT molecular complexity index is 943. The first kappa shape index (κ1) is 19.6. The number of aromatic nitrogens is 1. The van der Waals surface area contributed by atoms with Crippen molar-refractivity contribution in [1.82, 2.24) is 19.7 Å². The molecule has 1 fully saturated rings. The predicted octanol–water partition coefficient (Wildman–Crippen LogP) is 2.91. The van der Waals surface area contributed by atoms with Gasteiger partial charge in [0.1, 0.15) is 5.52 Å². The Morgan fingerprint density at radius 1 is 1.10 bits per heavy atom. The molecule has 2 aromatic carbocycles. The van der Waals surface area contributed by atoms with Crippen molar-refractivity contribution in [1.29, 1.82) is 0 Å². The summed E-state index contributed by atoms with van der Waals surface area (Å²) in [6.07, 6.45) is 0. The Hall–Kier alpha value is -2.70. The number of carbonyl (C=O) groups is 1. The quantitative estimate of drug-likeness (QED) is 0.646. The van der Waals surface area contributed by atoms with Crippen LogP contribution in [0.15, 0.2) is 52.9 Å². The first-order valence-corrected chi connectivity index (χ1v) is 10.2. The van der Waals surface area contributed by atoms with Gasteiger partial charge in [-0.25, -0.2) is 4.98 Å². The van der Waals surface area contributed by atoms with Crippen molar-refractivity contribution in [3.05, 3.63) is 65.5 Å². The van der Waals surface area contributed by atoms with Gasteiger partial charge in [0, 0.05) is 32.7 Å². The minimum atomic E-state index is 0.166. The van der Waals surface area contributed by atoms with E-state index in [1.165, 1.54) is 11.1 Å². The van der Waals surface area contributed by atoms with Crippen LogP contribution in [-0.2, 0) is 17.9 Å². The van der Waals surface area contributed by atoms with Crippen LogP contribution in [-0.4, -0.2) is 65.4 Å². The fraction of sp³-hybridized carbons (Fsp3) is 0.391. The normalized spacial score (nSPS) is 15.3. The van der Waals surface area contributed by atoms with Crippen molar-refractivity contribution in [3.8, 4) is 0 Å². The van der Waals surface area contributed by atoms with E-state index >= 15 is 0 Å². The second-order valence-corrected chi connectivity index (χ2v) is 7.89. The Balaban J connectivity index is 1.24. The van der Waals surface area contributed by atoms with E-state index in [9.17, 15) is 4.79 Å². The van der Waals surface area contributed by atoms with E-state index in [2.05, 4.69) is 41.1 Å². The molecule has 1 saturated heterocycles. The summed E-state index contributed by atoms with van der Waals surface area (Å²) in [6.45, 7) is 7.34. The number of piperazine rings is 1. The van der Waals surface area contributed by atoms with Gasteiger partial charge in [-0.2, -0.15) is 0 Å². The first-order chi connectivity index (χ1) is 14.1. The fourth-order valence-electron chi connectivity index (χ4n) is 3.83. The number of rotatable bonds is 6. The summed E-state index contributed by atoms with van der Waals surface area (Å²) < 4.78 is 5.76. The molecule has 0 spiro atoms. The number of hydrogen-bond donors (Lipinski definition) is 0. The van der Waals surface area contributed by atoms with E-state index < -0.39 is 0 Å². The molecule has 6 nitrogen and oxygen atoms in total. The molecule has 1 aliphatic heterocycles. The number of amides is 1. The van der Waals surface area contributed by atoms with Gasteiger partial charge in [0.2, 0.25) is 11.8 Å². The van der Waals surface area contributed by atoms with Gasteiger partial charge in [-0.15, -0.1) is 0 Å². The minimum absolute atomic E-state index is 0.166. The molecule has 0 saturated carbocycles. The van der Waals surface area contributed by atoms with Gasteiger partial charge in [0.25, 0.3) is 0 Å². The van der Waals surface area contributed by atoms with E-state index in [0.717, 1.165) is 43.8 Å². The van der Waals surface area contributed by atoms with Crippen LogP contribution < -0.4 is 0 Å². The smallest absolute Gasteiger partial charge is 0.236 e. The monoisotopic (exact) mass is 392 g/mol. The van der Waals surface area contributed by atoms with Crippen LogP contribution in [0.1, 0.15) is 17.0 Å². The highest BCUT2D eigenvalue weighted by atomic mass is 16.3. The second kappa shape index (κ2) is 8.76. The molecule has 0 unspecified atom stereocenters. The minimum Gasteiger partial charge on any atom is -0.439 e.